The molecule has 0 saturated carbocycles. The highest BCUT2D eigenvalue weighted by molar-refractivity contribution is 5.96. The topological polar surface area (TPSA) is 34.5 Å². The van der Waals surface area contributed by atoms with Gasteiger partial charge < -0.3 is 9.30 Å². The molecule has 1 aromatic heterocycles. The Morgan fingerprint density at radius 1 is 1.03 bits per heavy atom. The average molecular weight is 386 g/mol. The van der Waals surface area contributed by atoms with Crippen LogP contribution in [-0.2, 0) is 11.3 Å². The molecule has 0 aliphatic carbocycles. The number of amides is 1. The Hall–Kier alpha value is -3.27. The fourth-order valence-corrected chi connectivity index (χ4v) is 3.95. The summed E-state index contributed by atoms with van der Waals surface area (Å²) in [7, 11) is 0. The van der Waals surface area contributed by atoms with Crippen molar-refractivity contribution in [1.29, 1.82) is 0 Å². The maximum atomic E-state index is 12.8. The molecule has 4 heteroatoms. The molecule has 1 aliphatic heterocycles. The van der Waals surface area contributed by atoms with Crippen molar-refractivity contribution in [1.82, 2.24) is 9.47 Å². The standard InChI is InChI=1S/C25H26N2O2/c1-3-20-13-10-16-24(27(20)25(28)29-4-2)22-18-26(17-19-11-6-5-7-12-19)23-15-9-8-14-21(22)23/h5-16,18,20H,3-4,17H2,1-2H3. The fourth-order valence-electron chi connectivity index (χ4n) is 3.95. The summed E-state index contributed by atoms with van der Waals surface area (Å²) in [6, 6.07) is 18.8. The summed E-state index contributed by atoms with van der Waals surface area (Å²) < 4.78 is 7.64. The lowest BCUT2D eigenvalue weighted by atomic mass is 10.0. The number of fused-ring (bicyclic) bond motifs is 1. The molecule has 0 bridgehead atoms. The Bertz CT molecular complexity index is 1060. The SMILES string of the molecule is CCOC(=O)N1C(c2cn(Cc3ccccc3)c3ccccc23)=CC=CC1CC. The zero-order valence-electron chi connectivity index (χ0n) is 16.9. The Labute approximate surface area is 171 Å². The molecule has 3 aromatic rings. The van der Waals surface area contributed by atoms with Crippen molar-refractivity contribution < 1.29 is 9.53 Å². The molecule has 0 spiro atoms. The molecule has 0 saturated heterocycles. The third kappa shape index (κ3) is 3.70. The minimum absolute atomic E-state index is 0.00899. The zero-order valence-corrected chi connectivity index (χ0v) is 16.9. The van der Waals surface area contributed by atoms with Gasteiger partial charge in [0.2, 0.25) is 0 Å². The summed E-state index contributed by atoms with van der Waals surface area (Å²) in [6.45, 7) is 5.07. The molecule has 1 atom stereocenters. The van der Waals surface area contributed by atoms with Crippen LogP contribution in [0.5, 0.6) is 0 Å². The Balaban J connectivity index is 1.81. The van der Waals surface area contributed by atoms with E-state index in [1.807, 2.05) is 31.2 Å². The first-order valence-corrected chi connectivity index (χ1v) is 10.2. The summed E-state index contributed by atoms with van der Waals surface area (Å²) in [6.07, 6.45) is 8.80. The van der Waals surface area contributed by atoms with Crippen molar-refractivity contribution in [3.05, 3.63) is 90.1 Å². The van der Waals surface area contributed by atoms with Gasteiger partial charge in [-0.1, -0.05) is 67.6 Å². The molecule has 2 aromatic carbocycles. The maximum Gasteiger partial charge on any atom is 0.414 e. The van der Waals surface area contributed by atoms with Crippen LogP contribution >= 0.6 is 0 Å². The second kappa shape index (κ2) is 8.39. The smallest absolute Gasteiger partial charge is 0.414 e. The number of benzene rings is 2. The van der Waals surface area contributed by atoms with E-state index in [1.165, 1.54) is 5.56 Å². The van der Waals surface area contributed by atoms with E-state index in [4.69, 9.17) is 4.74 Å². The van der Waals surface area contributed by atoms with E-state index in [0.29, 0.717) is 6.61 Å². The number of carbonyl (C=O) groups excluding carboxylic acids is 1. The van der Waals surface area contributed by atoms with E-state index in [0.717, 1.165) is 35.1 Å². The van der Waals surface area contributed by atoms with Gasteiger partial charge in [0, 0.05) is 29.2 Å². The largest absolute Gasteiger partial charge is 0.449 e. The zero-order chi connectivity index (χ0) is 20.2. The molecule has 29 heavy (non-hydrogen) atoms. The van der Waals surface area contributed by atoms with Crippen LogP contribution in [0, 0.1) is 0 Å². The number of hydrogen-bond acceptors (Lipinski definition) is 2. The van der Waals surface area contributed by atoms with Crippen molar-refractivity contribution in [3.63, 3.8) is 0 Å². The molecule has 1 unspecified atom stereocenters. The van der Waals surface area contributed by atoms with Crippen molar-refractivity contribution >= 4 is 22.7 Å². The van der Waals surface area contributed by atoms with Crippen LogP contribution in [0.15, 0.2) is 79.0 Å². The van der Waals surface area contributed by atoms with E-state index in [9.17, 15) is 4.79 Å². The van der Waals surface area contributed by atoms with Gasteiger partial charge in [-0.15, -0.1) is 0 Å². The highest BCUT2D eigenvalue weighted by atomic mass is 16.6. The molecule has 1 aliphatic rings. The van der Waals surface area contributed by atoms with E-state index < -0.39 is 0 Å². The molecule has 0 radical (unpaired) electrons. The van der Waals surface area contributed by atoms with E-state index >= 15 is 0 Å². The number of aromatic nitrogens is 1. The quantitative estimate of drug-likeness (QED) is 0.552. The molecule has 2 heterocycles. The van der Waals surface area contributed by atoms with E-state index in [-0.39, 0.29) is 12.1 Å². The molecule has 1 amide bonds. The second-order valence-electron chi connectivity index (χ2n) is 7.15. The predicted molar refractivity (Wildman–Crippen MR) is 118 cm³/mol. The van der Waals surface area contributed by atoms with Crippen LogP contribution in [0.1, 0.15) is 31.4 Å². The normalized spacial score (nSPS) is 16.1. The highest BCUT2D eigenvalue weighted by Gasteiger charge is 2.29. The van der Waals surface area contributed by atoms with Gasteiger partial charge in [0.25, 0.3) is 0 Å². The summed E-state index contributed by atoms with van der Waals surface area (Å²) >= 11 is 0. The lowest BCUT2D eigenvalue weighted by molar-refractivity contribution is 0.118. The molecular weight excluding hydrogens is 360 g/mol. The molecule has 4 rings (SSSR count). The monoisotopic (exact) mass is 386 g/mol. The van der Waals surface area contributed by atoms with E-state index in [1.54, 1.807) is 4.90 Å². The first kappa shape index (κ1) is 19.1. The van der Waals surface area contributed by atoms with Crippen molar-refractivity contribution in [2.24, 2.45) is 0 Å². The second-order valence-corrected chi connectivity index (χ2v) is 7.15. The molecule has 4 nitrogen and oxygen atoms in total. The highest BCUT2D eigenvalue weighted by Crippen LogP contribution is 2.34. The minimum Gasteiger partial charge on any atom is -0.449 e. The Morgan fingerprint density at radius 2 is 1.79 bits per heavy atom. The number of rotatable bonds is 5. The van der Waals surface area contributed by atoms with Crippen LogP contribution in [0.25, 0.3) is 16.6 Å². The first-order chi connectivity index (χ1) is 14.2. The molecule has 148 valence electrons. The van der Waals surface area contributed by atoms with Gasteiger partial charge in [0.15, 0.2) is 0 Å². The molecule has 0 N–H and O–H groups in total. The van der Waals surface area contributed by atoms with Crippen LogP contribution < -0.4 is 0 Å². The third-order valence-electron chi connectivity index (χ3n) is 5.32. The number of hydrogen-bond donors (Lipinski definition) is 0. The van der Waals surface area contributed by atoms with Gasteiger partial charge >= 0.3 is 6.09 Å². The summed E-state index contributed by atoms with van der Waals surface area (Å²) in [5, 5.41) is 1.13. The van der Waals surface area contributed by atoms with E-state index in [2.05, 4.69) is 66.2 Å². The number of allylic oxidation sites excluding steroid dienone is 2. The van der Waals surface area contributed by atoms with Crippen molar-refractivity contribution in [2.45, 2.75) is 32.9 Å². The Morgan fingerprint density at radius 3 is 2.55 bits per heavy atom. The number of nitrogens with zero attached hydrogens (tertiary/aromatic N) is 2. The van der Waals surface area contributed by atoms with Crippen LogP contribution in [0.3, 0.4) is 0 Å². The van der Waals surface area contributed by atoms with Crippen molar-refractivity contribution in [3.8, 4) is 0 Å². The lowest BCUT2D eigenvalue weighted by Gasteiger charge is -2.32. The summed E-state index contributed by atoms with van der Waals surface area (Å²) in [5.74, 6) is 0. The van der Waals surface area contributed by atoms with Crippen LogP contribution in [0.2, 0.25) is 0 Å². The van der Waals surface area contributed by atoms with Crippen molar-refractivity contribution in [2.75, 3.05) is 6.61 Å². The minimum atomic E-state index is -0.296. The van der Waals surface area contributed by atoms with Gasteiger partial charge in [0.05, 0.1) is 18.3 Å². The van der Waals surface area contributed by atoms with Gasteiger partial charge in [-0.05, 0) is 31.1 Å². The summed E-state index contributed by atoms with van der Waals surface area (Å²) in [4.78, 5) is 14.6. The lowest BCUT2D eigenvalue weighted by Crippen LogP contribution is -2.39. The van der Waals surface area contributed by atoms with Gasteiger partial charge in [-0.3, -0.25) is 4.90 Å². The Kier molecular flexibility index (Phi) is 5.52. The fraction of sp³-hybridized carbons (Fsp3) is 0.240. The average Bonchev–Trinajstić information content (AvgIpc) is 3.12. The predicted octanol–water partition coefficient (Wildman–Crippen LogP) is 5.84. The third-order valence-corrected chi connectivity index (χ3v) is 5.32. The molecular formula is C25H26N2O2. The number of carbonyl (C=O) groups is 1. The molecule has 0 fully saturated rings. The van der Waals surface area contributed by atoms with Gasteiger partial charge in [-0.2, -0.15) is 0 Å². The number of para-hydroxylation sites is 1. The van der Waals surface area contributed by atoms with Crippen LogP contribution in [-0.4, -0.2) is 28.2 Å². The first-order valence-electron chi connectivity index (χ1n) is 10.2. The maximum absolute atomic E-state index is 12.8. The summed E-state index contributed by atoms with van der Waals surface area (Å²) in [5.41, 5.74) is 4.33. The van der Waals surface area contributed by atoms with Gasteiger partial charge in [-0.25, -0.2) is 4.79 Å². The number of ether oxygens (including phenoxy) is 1. The van der Waals surface area contributed by atoms with Crippen LogP contribution in [0.4, 0.5) is 4.79 Å². The van der Waals surface area contributed by atoms with Gasteiger partial charge in [0.1, 0.15) is 0 Å².